The number of ether oxygens (including phenoxy) is 1. The van der Waals surface area contributed by atoms with Crippen molar-refractivity contribution in [1.82, 2.24) is 0 Å². The van der Waals surface area contributed by atoms with Crippen LogP contribution < -0.4 is 4.74 Å². The van der Waals surface area contributed by atoms with Gasteiger partial charge in [0.1, 0.15) is 5.75 Å². The van der Waals surface area contributed by atoms with Crippen molar-refractivity contribution in [2.24, 2.45) is 0 Å². The summed E-state index contributed by atoms with van der Waals surface area (Å²) in [7, 11) is 0. The Hall–Kier alpha value is -0.970. The zero-order valence-electron chi connectivity index (χ0n) is 7.10. The van der Waals surface area contributed by atoms with Crippen molar-refractivity contribution in [2.45, 2.75) is 0 Å². The van der Waals surface area contributed by atoms with E-state index in [4.69, 9.17) is 4.74 Å². The highest BCUT2D eigenvalue weighted by molar-refractivity contribution is 9.09. The molecule has 0 saturated heterocycles. The minimum absolute atomic E-state index is 0.0540. The van der Waals surface area contributed by atoms with Crippen molar-refractivity contribution in [3.05, 3.63) is 29.3 Å². The van der Waals surface area contributed by atoms with Gasteiger partial charge in [-0.15, -0.1) is 0 Å². The van der Waals surface area contributed by atoms with Crippen molar-refractivity contribution in [1.29, 1.82) is 0 Å². The van der Waals surface area contributed by atoms with E-state index in [2.05, 4.69) is 15.9 Å². The van der Waals surface area contributed by atoms with Crippen LogP contribution in [0.1, 0.15) is 10.4 Å². The second kappa shape index (κ2) is 5.05. The summed E-state index contributed by atoms with van der Waals surface area (Å²) in [6.45, 7) is 0.284. The van der Waals surface area contributed by atoms with E-state index in [9.17, 15) is 13.6 Å². The molecule has 0 bridgehead atoms. The second-order valence-corrected chi connectivity index (χ2v) is 3.22. The predicted molar refractivity (Wildman–Crippen MR) is 51.0 cm³/mol. The lowest BCUT2D eigenvalue weighted by molar-refractivity contribution is 0.111. The standard InChI is InChI=1S/C9H7BrF2O2/c10-3-4-14-8-2-1-7(11)9(12)6(8)5-13/h1-2,5H,3-4H2. The number of carbonyl (C=O) groups is 1. The third-order valence-corrected chi connectivity index (χ3v) is 1.87. The van der Waals surface area contributed by atoms with E-state index in [0.717, 1.165) is 6.07 Å². The van der Waals surface area contributed by atoms with E-state index >= 15 is 0 Å². The molecule has 14 heavy (non-hydrogen) atoms. The number of alkyl halides is 1. The predicted octanol–water partition coefficient (Wildman–Crippen LogP) is 2.55. The Bertz CT molecular complexity index is 342. The van der Waals surface area contributed by atoms with Crippen molar-refractivity contribution >= 4 is 22.2 Å². The molecular formula is C9H7BrF2O2. The van der Waals surface area contributed by atoms with E-state index in [1.165, 1.54) is 6.07 Å². The molecule has 1 aromatic rings. The van der Waals surface area contributed by atoms with Gasteiger partial charge in [0, 0.05) is 5.33 Å². The van der Waals surface area contributed by atoms with E-state index < -0.39 is 11.6 Å². The molecule has 0 aliphatic rings. The Kier molecular flexibility index (Phi) is 4.00. The quantitative estimate of drug-likeness (QED) is 0.617. The van der Waals surface area contributed by atoms with E-state index in [1.807, 2.05) is 0 Å². The first-order valence-electron chi connectivity index (χ1n) is 3.82. The van der Waals surface area contributed by atoms with Gasteiger partial charge in [0.15, 0.2) is 17.9 Å². The summed E-state index contributed by atoms with van der Waals surface area (Å²) < 4.78 is 30.7. The van der Waals surface area contributed by atoms with E-state index in [0.29, 0.717) is 5.33 Å². The number of rotatable bonds is 4. The average Bonchev–Trinajstić information content (AvgIpc) is 2.20. The monoisotopic (exact) mass is 264 g/mol. The molecule has 0 aliphatic heterocycles. The van der Waals surface area contributed by atoms with Crippen LogP contribution in [0.2, 0.25) is 0 Å². The molecule has 0 amide bonds. The number of carbonyl (C=O) groups excluding carboxylic acids is 1. The minimum Gasteiger partial charge on any atom is -0.492 e. The maximum absolute atomic E-state index is 13.0. The summed E-state index contributed by atoms with van der Waals surface area (Å²) in [4.78, 5) is 10.5. The molecule has 1 aromatic carbocycles. The molecular weight excluding hydrogens is 258 g/mol. The van der Waals surface area contributed by atoms with Gasteiger partial charge in [-0.2, -0.15) is 0 Å². The molecule has 0 aliphatic carbocycles. The zero-order valence-corrected chi connectivity index (χ0v) is 8.68. The molecule has 5 heteroatoms. The highest BCUT2D eigenvalue weighted by atomic mass is 79.9. The fourth-order valence-corrected chi connectivity index (χ4v) is 1.09. The van der Waals surface area contributed by atoms with Crippen LogP contribution >= 0.6 is 15.9 Å². The van der Waals surface area contributed by atoms with E-state index in [-0.39, 0.29) is 24.2 Å². The largest absolute Gasteiger partial charge is 0.492 e. The summed E-state index contributed by atoms with van der Waals surface area (Å²) in [6, 6.07) is 2.15. The molecule has 0 radical (unpaired) electrons. The Labute approximate surface area is 88.0 Å². The summed E-state index contributed by atoms with van der Waals surface area (Å²) in [6.07, 6.45) is 0.238. The van der Waals surface area contributed by atoms with Crippen LogP contribution in [0.25, 0.3) is 0 Å². The van der Waals surface area contributed by atoms with Crippen LogP contribution in [-0.2, 0) is 0 Å². The van der Waals surface area contributed by atoms with Crippen LogP contribution in [0.3, 0.4) is 0 Å². The van der Waals surface area contributed by atoms with Crippen LogP contribution in [0.4, 0.5) is 8.78 Å². The van der Waals surface area contributed by atoms with Crippen LogP contribution in [0.15, 0.2) is 12.1 Å². The second-order valence-electron chi connectivity index (χ2n) is 2.43. The summed E-state index contributed by atoms with van der Waals surface area (Å²) in [5.41, 5.74) is -0.383. The van der Waals surface area contributed by atoms with Gasteiger partial charge in [-0.1, -0.05) is 15.9 Å². The first-order chi connectivity index (χ1) is 6.70. The average molecular weight is 265 g/mol. The first kappa shape index (κ1) is 11.1. The Morgan fingerprint density at radius 1 is 1.43 bits per heavy atom. The van der Waals surface area contributed by atoms with Crippen molar-refractivity contribution in [3.63, 3.8) is 0 Å². The number of hydrogen-bond acceptors (Lipinski definition) is 2. The maximum atomic E-state index is 13.0. The van der Waals surface area contributed by atoms with Gasteiger partial charge in [0.25, 0.3) is 0 Å². The van der Waals surface area contributed by atoms with Crippen LogP contribution in [0.5, 0.6) is 5.75 Å². The lowest BCUT2D eigenvalue weighted by Gasteiger charge is -2.07. The van der Waals surface area contributed by atoms with Crippen molar-refractivity contribution in [2.75, 3.05) is 11.9 Å². The molecule has 1 rings (SSSR count). The summed E-state index contributed by atoms with van der Waals surface area (Å²) >= 11 is 3.11. The molecule has 0 unspecified atom stereocenters. The normalized spacial score (nSPS) is 9.93. The van der Waals surface area contributed by atoms with Crippen LogP contribution in [-0.4, -0.2) is 18.2 Å². The molecule has 0 saturated carbocycles. The number of aldehydes is 1. The molecule has 0 spiro atoms. The highest BCUT2D eigenvalue weighted by Crippen LogP contribution is 2.21. The molecule has 2 nitrogen and oxygen atoms in total. The SMILES string of the molecule is O=Cc1c(OCCBr)ccc(F)c1F. The van der Waals surface area contributed by atoms with Crippen molar-refractivity contribution < 1.29 is 18.3 Å². The Balaban J connectivity index is 3.04. The number of benzene rings is 1. The molecule has 76 valence electrons. The third kappa shape index (κ3) is 2.29. The van der Waals surface area contributed by atoms with Crippen molar-refractivity contribution in [3.8, 4) is 5.75 Å². The van der Waals surface area contributed by atoms with Gasteiger partial charge >= 0.3 is 0 Å². The lowest BCUT2D eigenvalue weighted by atomic mass is 10.2. The molecule has 0 atom stereocenters. The highest BCUT2D eigenvalue weighted by Gasteiger charge is 2.13. The summed E-state index contributed by atoms with van der Waals surface area (Å²) in [5, 5.41) is 0.546. The molecule has 0 fully saturated rings. The topological polar surface area (TPSA) is 26.3 Å². The van der Waals surface area contributed by atoms with Crippen LogP contribution in [0, 0.1) is 11.6 Å². The third-order valence-electron chi connectivity index (χ3n) is 1.55. The lowest BCUT2D eigenvalue weighted by Crippen LogP contribution is -2.03. The van der Waals surface area contributed by atoms with Gasteiger partial charge in [-0.3, -0.25) is 4.79 Å². The fourth-order valence-electron chi connectivity index (χ4n) is 0.933. The maximum Gasteiger partial charge on any atom is 0.173 e. The Morgan fingerprint density at radius 2 is 2.14 bits per heavy atom. The van der Waals surface area contributed by atoms with Gasteiger partial charge in [-0.05, 0) is 12.1 Å². The summed E-state index contributed by atoms with van der Waals surface area (Å²) in [5.74, 6) is -2.18. The molecule has 0 N–H and O–H groups in total. The fraction of sp³-hybridized carbons (Fsp3) is 0.222. The zero-order chi connectivity index (χ0) is 10.6. The molecule has 0 aromatic heterocycles. The number of halogens is 3. The van der Waals surface area contributed by atoms with E-state index in [1.54, 1.807) is 0 Å². The number of hydrogen-bond donors (Lipinski definition) is 0. The molecule has 0 heterocycles. The first-order valence-corrected chi connectivity index (χ1v) is 4.94. The van der Waals surface area contributed by atoms with Gasteiger partial charge in [-0.25, -0.2) is 8.78 Å². The Morgan fingerprint density at radius 3 is 2.71 bits per heavy atom. The minimum atomic E-state index is -1.17. The van der Waals surface area contributed by atoms with Gasteiger partial charge < -0.3 is 4.74 Å². The van der Waals surface area contributed by atoms with Gasteiger partial charge in [0.05, 0.1) is 12.2 Å². The smallest absolute Gasteiger partial charge is 0.173 e. The van der Waals surface area contributed by atoms with Gasteiger partial charge in [0.2, 0.25) is 0 Å².